The highest BCUT2D eigenvalue weighted by Crippen LogP contribution is 2.23. The number of carbonyl (C=O) groups is 1. The van der Waals surface area contributed by atoms with Gasteiger partial charge in [-0.15, -0.1) is 0 Å². The van der Waals surface area contributed by atoms with Gasteiger partial charge in [-0.05, 0) is 30.4 Å². The van der Waals surface area contributed by atoms with Crippen LogP contribution in [0.25, 0.3) is 0 Å². The van der Waals surface area contributed by atoms with E-state index in [1.165, 1.54) is 0 Å². The van der Waals surface area contributed by atoms with Gasteiger partial charge in [0.1, 0.15) is 0 Å². The molecule has 0 radical (unpaired) electrons. The minimum atomic E-state index is -0.381. The van der Waals surface area contributed by atoms with Gasteiger partial charge in [-0.2, -0.15) is 0 Å². The van der Waals surface area contributed by atoms with Crippen LogP contribution in [0.1, 0.15) is 24.0 Å². The quantitative estimate of drug-likeness (QED) is 0.652. The molecule has 1 amide bonds. The number of hydrogen-bond acceptors (Lipinski definition) is 5. The first kappa shape index (κ1) is 15.9. The Morgan fingerprint density at radius 1 is 1.43 bits per heavy atom. The standard InChI is InChI=1S/C16H21N3O4/c20-16(17-9-15-2-1-7-23-15)11-18-6-5-12-3-4-14(19(21)22)8-13(12)10-18/h3-4,8,15H,1-2,5-7,9-11H2,(H,17,20)/t15-/m1/s1. The molecule has 0 unspecified atom stereocenters. The lowest BCUT2D eigenvalue weighted by Crippen LogP contribution is -2.42. The van der Waals surface area contributed by atoms with E-state index in [9.17, 15) is 14.9 Å². The van der Waals surface area contributed by atoms with Crippen molar-refractivity contribution < 1.29 is 14.5 Å². The summed E-state index contributed by atoms with van der Waals surface area (Å²) in [6, 6.07) is 4.98. The fourth-order valence-electron chi connectivity index (χ4n) is 3.14. The molecule has 0 bridgehead atoms. The van der Waals surface area contributed by atoms with Gasteiger partial charge in [0, 0.05) is 38.4 Å². The summed E-state index contributed by atoms with van der Waals surface area (Å²) in [5.74, 6) is -0.0191. The van der Waals surface area contributed by atoms with Gasteiger partial charge < -0.3 is 10.1 Å². The Morgan fingerprint density at radius 3 is 3.04 bits per heavy atom. The maximum atomic E-state index is 12.0. The van der Waals surface area contributed by atoms with E-state index in [0.29, 0.717) is 19.6 Å². The Balaban J connectivity index is 1.53. The van der Waals surface area contributed by atoms with Gasteiger partial charge in [-0.3, -0.25) is 19.8 Å². The molecule has 0 spiro atoms. The summed E-state index contributed by atoms with van der Waals surface area (Å²) in [4.78, 5) is 24.6. The normalized spacial score (nSPS) is 21.0. The third-order valence-electron chi connectivity index (χ3n) is 4.41. The SMILES string of the molecule is O=C(CN1CCc2ccc([N+](=O)[O-])cc2C1)NC[C@H]1CCCO1. The Labute approximate surface area is 134 Å². The number of nitrogens with one attached hydrogen (secondary N) is 1. The summed E-state index contributed by atoms with van der Waals surface area (Å²) >= 11 is 0. The van der Waals surface area contributed by atoms with Gasteiger partial charge in [-0.1, -0.05) is 6.07 Å². The van der Waals surface area contributed by atoms with Crippen LogP contribution in [0.4, 0.5) is 5.69 Å². The molecule has 2 heterocycles. The van der Waals surface area contributed by atoms with Crippen molar-refractivity contribution in [3.8, 4) is 0 Å². The van der Waals surface area contributed by atoms with Gasteiger partial charge in [-0.25, -0.2) is 0 Å². The number of carbonyl (C=O) groups excluding carboxylic acids is 1. The molecule has 0 saturated carbocycles. The highest BCUT2D eigenvalue weighted by Gasteiger charge is 2.21. The zero-order valence-electron chi connectivity index (χ0n) is 13.0. The second kappa shape index (κ2) is 7.06. The molecule has 1 fully saturated rings. The molecule has 1 saturated heterocycles. The first-order valence-corrected chi connectivity index (χ1v) is 7.98. The second-order valence-corrected chi connectivity index (χ2v) is 6.11. The van der Waals surface area contributed by atoms with E-state index in [2.05, 4.69) is 5.32 Å². The average Bonchev–Trinajstić information content (AvgIpc) is 3.05. The van der Waals surface area contributed by atoms with Crippen molar-refractivity contribution in [2.75, 3.05) is 26.2 Å². The van der Waals surface area contributed by atoms with Crippen molar-refractivity contribution in [2.45, 2.75) is 31.9 Å². The van der Waals surface area contributed by atoms with Crippen LogP contribution in [0.5, 0.6) is 0 Å². The topological polar surface area (TPSA) is 84.7 Å². The fraction of sp³-hybridized carbons (Fsp3) is 0.562. The number of rotatable bonds is 5. The summed E-state index contributed by atoms with van der Waals surface area (Å²) in [7, 11) is 0. The van der Waals surface area contributed by atoms with Crippen molar-refractivity contribution in [2.24, 2.45) is 0 Å². The van der Waals surface area contributed by atoms with Crippen LogP contribution < -0.4 is 5.32 Å². The van der Waals surface area contributed by atoms with Gasteiger partial charge in [0.2, 0.25) is 5.91 Å². The molecular weight excluding hydrogens is 298 g/mol. The third kappa shape index (κ3) is 4.05. The van der Waals surface area contributed by atoms with Crippen LogP contribution >= 0.6 is 0 Å². The van der Waals surface area contributed by atoms with Crippen LogP contribution in [0.15, 0.2) is 18.2 Å². The summed E-state index contributed by atoms with van der Waals surface area (Å²) in [6.45, 7) is 3.02. The van der Waals surface area contributed by atoms with Crippen molar-refractivity contribution in [1.29, 1.82) is 0 Å². The largest absolute Gasteiger partial charge is 0.376 e. The average molecular weight is 319 g/mol. The van der Waals surface area contributed by atoms with E-state index in [-0.39, 0.29) is 22.6 Å². The smallest absolute Gasteiger partial charge is 0.269 e. The molecule has 23 heavy (non-hydrogen) atoms. The molecular formula is C16H21N3O4. The van der Waals surface area contributed by atoms with Gasteiger partial charge >= 0.3 is 0 Å². The van der Waals surface area contributed by atoms with E-state index in [0.717, 1.165) is 43.5 Å². The van der Waals surface area contributed by atoms with Gasteiger partial charge in [0.05, 0.1) is 17.6 Å². The summed E-state index contributed by atoms with van der Waals surface area (Å²) in [5.41, 5.74) is 2.18. The van der Waals surface area contributed by atoms with Crippen LogP contribution in [-0.2, 0) is 22.5 Å². The van der Waals surface area contributed by atoms with Gasteiger partial charge in [0.25, 0.3) is 5.69 Å². The molecule has 124 valence electrons. The lowest BCUT2D eigenvalue weighted by molar-refractivity contribution is -0.385. The number of non-ortho nitro benzene ring substituents is 1. The van der Waals surface area contributed by atoms with Crippen LogP contribution in [-0.4, -0.2) is 48.1 Å². The molecule has 1 N–H and O–H groups in total. The molecule has 3 rings (SSSR count). The Bertz CT molecular complexity index is 599. The summed E-state index contributed by atoms with van der Waals surface area (Å²) in [6.07, 6.45) is 3.01. The van der Waals surface area contributed by atoms with E-state index in [4.69, 9.17) is 4.74 Å². The van der Waals surface area contributed by atoms with Crippen molar-refractivity contribution >= 4 is 11.6 Å². The maximum absolute atomic E-state index is 12.0. The highest BCUT2D eigenvalue weighted by molar-refractivity contribution is 5.78. The number of fused-ring (bicyclic) bond motifs is 1. The van der Waals surface area contributed by atoms with E-state index < -0.39 is 0 Å². The third-order valence-corrected chi connectivity index (χ3v) is 4.41. The number of ether oxygens (including phenoxy) is 1. The minimum absolute atomic E-state index is 0.0191. The fourth-order valence-corrected chi connectivity index (χ4v) is 3.14. The van der Waals surface area contributed by atoms with E-state index in [1.807, 2.05) is 11.0 Å². The molecule has 1 atom stereocenters. The molecule has 7 nitrogen and oxygen atoms in total. The van der Waals surface area contributed by atoms with E-state index >= 15 is 0 Å². The number of nitrogens with zero attached hydrogens (tertiary/aromatic N) is 2. The number of hydrogen-bond donors (Lipinski definition) is 1. The molecule has 2 aliphatic rings. The molecule has 1 aromatic rings. The predicted octanol–water partition coefficient (Wildman–Crippen LogP) is 1.25. The predicted molar refractivity (Wildman–Crippen MR) is 84.1 cm³/mol. The highest BCUT2D eigenvalue weighted by atomic mass is 16.6. The zero-order chi connectivity index (χ0) is 16.2. The van der Waals surface area contributed by atoms with Crippen LogP contribution in [0, 0.1) is 10.1 Å². The van der Waals surface area contributed by atoms with Gasteiger partial charge in [0.15, 0.2) is 0 Å². The van der Waals surface area contributed by atoms with Crippen molar-refractivity contribution in [3.05, 3.63) is 39.4 Å². The minimum Gasteiger partial charge on any atom is -0.376 e. The van der Waals surface area contributed by atoms with E-state index in [1.54, 1.807) is 12.1 Å². The summed E-state index contributed by atoms with van der Waals surface area (Å²) in [5, 5.41) is 13.8. The van der Waals surface area contributed by atoms with Crippen molar-refractivity contribution in [1.82, 2.24) is 10.2 Å². The van der Waals surface area contributed by atoms with Crippen molar-refractivity contribution in [3.63, 3.8) is 0 Å². The zero-order valence-corrected chi connectivity index (χ0v) is 13.0. The number of nitro benzene ring substituents is 1. The Hall–Kier alpha value is -1.99. The number of amides is 1. The Morgan fingerprint density at radius 2 is 2.30 bits per heavy atom. The maximum Gasteiger partial charge on any atom is 0.269 e. The number of benzene rings is 1. The number of nitro groups is 1. The molecule has 7 heteroatoms. The molecule has 2 aliphatic heterocycles. The Kier molecular flexibility index (Phi) is 4.88. The second-order valence-electron chi connectivity index (χ2n) is 6.11. The molecule has 0 aromatic heterocycles. The van der Waals surface area contributed by atoms with Crippen LogP contribution in [0.2, 0.25) is 0 Å². The summed E-state index contributed by atoms with van der Waals surface area (Å²) < 4.78 is 5.48. The first-order chi connectivity index (χ1) is 11.1. The monoisotopic (exact) mass is 319 g/mol. The first-order valence-electron chi connectivity index (χ1n) is 7.98. The lowest BCUT2D eigenvalue weighted by atomic mass is 9.99. The van der Waals surface area contributed by atoms with Crippen LogP contribution in [0.3, 0.4) is 0 Å². The molecule has 0 aliphatic carbocycles. The lowest BCUT2D eigenvalue weighted by Gasteiger charge is -2.28. The molecule has 1 aromatic carbocycles.